The van der Waals surface area contributed by atoms with Gasteiger partial charge in [0.15, 0.2) is 0 Å². The molecule has 1 aliphatic heterocycles. The van der Waals surface area contributed by atoms with Crippen molar-refractivity contribution in [3.05, 3.63) is 27.4 Å². The first-order valence-electron chi connectivity index (χ1n) is 7.34. The van der Waals surface area contributed by atoms with E-state index in [1.807, 2.05) is 6.92 Å². The number of hydrogen-bond donors (Lipinski definition) is 1. The van der Waals surface area contributed by atoms with E-state index in [4.69, 9.17) is 0 Å². The Balaban J connectivity index is 2.49. The lowest BCUT2D eigenvalue weighted by Crippen LogP contribution is -2.38. The van der Waals surface area contributed by atoms with E-state index in [1.165, 1.54) is 0 Å². The van der Waals surface area contributed by atoms with Gasteiger partial charge in [0.1, 0.15) is 0 Å². The normalized spacial score (nSPS) is 18.7. The van der Waals surface area contributed by atoms with Gasteiger partial charge in [0, 0.05) is 23.0 Å². The Bertz CT molecular complexity index is 601. The first kappa shape index (κ1) is 15.7. The lowest BCUT2D eigenvalue weighted by atomic mass is 9.96. The molecule has 0 bridgehead atoms. The summed E-state index contributed by atoms with van der Waals surface area (Å²) in [6, 6.07) is 0.113. The smallest absolute Gasteiger partial charge is 0.348 e. The van der Waals surface area contributed by atoms with E-state index >= 15 is 0 Å². The molecule has 1 aromatic heterocycles. The second kappa shape index (κ2) is 5.97. The maximum Gasteiger partial charge on any atom is 0.348 e. The van der Waals surface area contributed by atoms with Gasteiger partial charge in [-0.25, -0.2) is 4.79 Å². The SMILES string of the molecule is Cc1nc(=O)n(C2CCN(C)CC2)c(C)c1C(C)C(=O)O. The molecule has 0 radical (unpaired) electrons. The van der Waals surface area contributed by atoms with Gasteiger partial charge in [-0.1, -0.05) is 0 Å². The molecule has 2 rings (SSSR count). The molecular weight excluding hydrogens is 270 g/mol. The molecule has 0 saturated carbocycles. The number of carboxylic acids is 1. The van der Waals surface area contributed by atoms with Gasteiger partial charge in [0.25, 0.3) is 0 Å². The first-order valence-corrected chi connectivity index (χ1v) is 7.34. The number of carboxylic acid groups (broad SMARTS) is 1. The fraction of sp³-hybridized carbons (Fsp3) is 0.667. The summed E-state index contributed by atoms with van der Waals surface area (Å²) in [5, 5.41) is 9.27. The second-order valence-corrected chi connectivity index (χ2v) is 5.94. The van der Waals surface area contributed by atoms with Gasteiger partial charge in [-0.2, -0.15) is 4.98 Å². The van der Waals surface area contributed by atoms with Crippen molar-refractivity contribution in [3.63, 3.8) is 0 Å². The van der Waals surface area contributed by atoms with E-state index in [2.05, 4.69) is 16.9 Å². The third kappa shape index (κ3) is 3.00. The fourth-order valence-corrected chi connectivity index (χ4v) is 3.23. The van der Waals surface area contributed by atoms with Gasteiger partial charge >= 0.3 is 11.7 Å². The summed E-state index contributed by atoms with van der Waals surface area (Å²) in [6.07, 6.45) is 1.78. The van der Waals surface area contributed by atoms with Crippen LogP contribution in [-0.2, 0) is 4.79 Å². The van der Waals surface area contributed by atoms with Gasteiger partial charge in [0.05, 0.1) is 5.92 Å². The van der Waals surface area contributed by atoms with E-state index in [0.717, 1.165) is 31.6 Å². The van der Waals surface area contributed by atoms with E-state index in [0.29, 0.717) is 11.3 Å². The molecule has 2 heterocycles. The third-order valence-corrected chi connectivity index (χ3v) is 4.47. The van der Waals surface area contributed by atoms with Gasteiger partial charge in [0.2, 0.25) is 0 Å². The predicted octanol–water partition coefficient (Wildman–Crippen LogP) is 1.31. The first-order chi connectivity index (χ1) is 9.82. The predicted molar refractivity (Wildman–Crippen MR) is 79.8 cm³/mol. The Hall–Kier alpha value is -1.69. The zero-order valence-electron chi connectivity index (χ0n) is 13.1. The Labute approximate surface area is 124 Å². The van der Waals surface area contributed by atoms with Crippen LogP contribution in [0.2, 0.25) is 0 Å². The van der Waals surface area contributed by atoms with Crippen LogP contribution >= 0.6 is 0 Å². The topological polar surface area (TPSA) is 75.4 Å². The molecular formula is C15H23N3O3. The molecule has 6 nitrogen and oxygen atoms in total. The molecule has 1 atom stereocenters. The molecule has 1 saturated heterocycles. The quantitative estimate of drug-likeness (QED) is 0.909. The Morgan fingerprint density at radius 3 is 2.43 bits per heavy atom. The summed E-state index contributed by atoms with van der Waals surface area (Å²) in [5.74, 6) is -1.55. The number of likely N-dealkylation sites (tertiary alicyclic amines) is 1. The zero-order valence-corrected chi connectivity index (χ0v) is 13.1. The van der Waals surface area contributed by atoms with Crippen LogP contribution in [0.15, 0.2) is 4.79 Å². The summed E-state index contributed by atoms with van der Waals surface area (Å²) in [7, 11) is 2.07. The van der Waals surface area contributed by atoms with Crippen molar-refractivity contribution >= 4 is 5.97 Å². The number of nitrogens with zero attached hydrogens (tertiary/aromatic N) is 3. The van der Waals surface area contributed by atoms with Gasteiger partial charge < -0.3 is 10.0 Å². The summed E-state index contributed by atoms with van der Waals surface area (Å²) in [6.45, 7) is 7.07. The standard InChI is InChI=1S/C15H23N3O3/c1-9(14(19)20)13-10(2)16-15(21)18(11(13)3)12-5-7-17(4)8-6-12/h9,12H,5-8H2,1-4H3,(H,19,20). The lowest BCUT2D eigenvalue weighted by molar-refractivity contribution is -0.138. The highest BCUT2D eigenvalue weighted by molar-refractivity contribution is 5.76. The Kier molecular flexibility index (Phi) is 4.46. The number of carbonyl (C=O) groups is 1. The Morgan fingerprint density at radius 1 is 1.33 bits per heavy atom. The second-order valence-electron chi connectivity index (χ2n) is 5.94. The van der Waals surface area contributed by atoms with E-state index < -0.39 is 11.9 Å². The highest BCUT2D eigenvalue weighted by Gasteiger charge is 2.26. The van der Waals surface area contributed by atoms with Crippen LogP contribution in [0.25, 0.3) is 0 Å². The van der Waals surface area contributed by atoms with Gasteiger partial charge in [-0.3, -0.25) is 9.36 Å². The van der Waals surface area contributed by atoms with E-state index in [9.17, 15) is 14.7 Å². The molecule has 6 heteroatoms. The third-order valence-electron chi connectivity index (χ3n) is 4.47. The van der Waals surface area contributed by atoms with Crippen LogP contribution in [0.1, 0.15) is 48.7 Å². The molecule has 116 valence electrons. The van der Waals surface area contributed by atoms with Crippen molar-refractivity contribution in [2.24, 2.45) is 0 Å². The summed E-state index contributed by atoms with van der Waals surface area (Å²) < 4.78 is 1.70. The van der Waals surface area contributed by atoms with Crippen molar-refractivity contribution in [2.45, 2.75) is 45.6 Å². The van der Waals surface area contributed by atoms with Crippen LogP contribution in [0.3, 0.4) is 0 Å². The van der Waals surface area contributed by atoms with Crippen molar-refractivity contribution in [1.82, 2.24) is 14.5 Å². The van der Waals surface area contributed by atoms with Crippen molar-refractivity contribution in [3.8, 4) is 0 Å². The molecule has 1 aromatic rings. The molecule has 21 heavy (non-hydrogen) atoms. The highest BCUT2D eigenvalue weighted by Crippen LogP contribution is 2.26. The largest absolute Gasteiger partial charge is 0.481 e. The number of aromatic nitrogens is 2. The molecule has 0 aromatic carbocycles. The van der Waals surface area contributed by atoms with E-state index in [-0.39, 0.29) is 11.7 Å². The molecule has 1 aliphatic rings. The van der Waals surface area contributed by atoms with Crippen LogP contribution in [0, 0.1) is 13.8 Å². The van der Waals surface area contributed by atoms with E-state index in [1.54, 1.807) is 18.4 Å². The molecule has 1 fully saturated rings. The lowest BCUT2D eigenvalue weighted by Gasteiger charge is -2.32. The minimum Gasteiger partial charge on any atom is -0.481 e. The molecule has 0 spiro atoms. The van der Waals surface area contributed by atoms with Gasteiger partial charge in [-0.05, 0) is 53.8 Å². The molecule has 0 amide bonds. The van der Waals surface area contributed by atoms with Crippen molar-refractivity contribution in [2.75, 3.05) is 20.1 Å². The van der Waals surface area contributed by atoms with Crippen molar-refractivity contribution in [1.29, 1.82) is 0 Å². The number of hydrogen-bond acceptors (Lipinski definition) is 4. The fourth-order valence-electron chi connectivity index (χ4n) is 3.23. The highest BCUT2D eigenvalue weighted by atomic mass is 16.4. The van der Waals surface area contributed by atoms with Crippen molar-refractivity contribution < 1.29 is 9.90 Å². The minimum atomic E-state index is -0.892. The molecule has 1 unspecified atom stereocenters. The number of piperidine rings is 1. The average molecular weight is 293 g/mol. The monoisotopic (exact) mass is 293 g/mol. The van der Waals surface area contributed by atoms with Crippen LogP contribution < -0.4 is 5.69 Å². The average Bonchev–Trinajstić information content (AvgIpc) is 2.40. The van der Waals surface area contributed by atoms with Crippen LogP contribution in [0.4, 0.5) is 0 Å². The number of rotatable bonds is 3. The summed E-state index contributed by atoms with van der Waals surface area (Å²) >= 11 is 0. The maximum absolute atomic E-state index is 12.3. The molecule has 1 N–H and O–H groups in total. The summed E-state index contributed by atoms with van der Waals surface area (Å²) in [4.78, 5) is 29.9. The summed E-state index contributed by atoms with van der Waals surface area (Å²) in [5.41, 5.74) is 1.68. The minimum absolute atomic E-state index is 0.113. The van der Waals surface area contributed by atoms with Gasteiger partial charge in [-0.15, -0.1) is 0 Å². The maximum atomic E-state index is 12.3. The van der Waals surface area contributed by atoms with Crippen LogP contribution in [0.5, 0.6) is 0 Å². The molecule has 0 aliphatic carbocycles. The Morgan fingerprint density at radius 2 is 1.90 bits per heavy atom. The number of aryl methyl sites for hydroxylation is 1. The zero-order chi connectivity index (χ0) is 15.7. The number of aliphatic carboxylic acids is 1. The van der Waals surface area contributed by atoms with Crippen LogP contribution in [-0.4, -0.2) is 45.7 Å².